The van der Waals surface area contributed by atoms with Crippen LogP contribution in [0.1, 0.15) is 20.8 Å². The van der Waals surface area contributed by atoms with Crippen molar-refractivity contribution >= 4 is 47.0 Å². The van der Waals surface area contributed by atoms with Gasteiger partial charge in [-0.2, -0.15) is 5.10 Å². The lowest BCUT2D eigenvalue weighted by Crippen LogP contribution is -2.32. The van der Waals surface area contributed by atoms with E-state index in [4.69, 9.17) is 11.6 Å². The summed E-state index contributed by atoms with van der Waals surface area (Å²) in [4.78, 5) is 25.9. The van der Waals surface area contributed by atoms with Gasteiger partial charge in [-0.1, -0.05) is 29.8 Å². The van der Waals surface area contributed by atoms with E-state index in [2.05, 4.69) is 15.8 Å². The van der Waals surface area contributed by atoms with Gasteiger partial charge in [0.2, 0.25) is 0 Å². The number of phenolic OH excluding ortho intramolecular Hbond substituents is 2. The first-order chi connectivity index (χ1) is 14.4. The first-order valence-corrected chi connectivity index (χ1v) is 9.86. The molecule has 1 aromatic heterocycles. The number of carbonyl (C=O) groups is 2. The number of phenols is 2. The topological polar surface area (TPSA) is 111 Å². The van der Waals surface area contributed by atoms with Crippen LogP contribution in [0.2, 0.25) is 5.02 Å². The van der Waals surface area contributed by atoms with Crippen molar-refractivity contribution in [2.24, 2.45) is 5.10 Å². The Balaban J connectivity index is 1.77. The van der Waals surface area contributed by atoms with Crippen LogP contribution in [-0.4, -0.2) is 28.2 Å². The van der Waals surface area contributed by atoms with Crippen molar-refractivity contribution in [3.63, 3.8) is 0 Å². The first-order valence-electron chi connectivity index (χ1n) is 8.60. The molecule has 0 unspecified atom stereocenters. The molecule has 7 nitrogen and oxygen atoms in total. The highest BCUT2D eigenvalue weighted by Gasteiger charge is 2.16. The number of hydrogen-bond acceptors (Lipinski definition) is 6. The zero-order valence-corrected chi connectivity index (χ0v) is 16.9. The molecule has 9 heteroatoms. The maximum absolute atomic E-state index is 12.6. The number of carbonyl (C=O) groups excluding carboxylic acids is 2. The quantitative estimate of drug-likeness (QED) is 0.202. The lowest BCUT2D eigenvalue weighted by atomic mass is 10.2. The number of aromatic hydroxyl groups is 2. The summed E-state index contributed by atoms with van der Waals surface area (Å²) in [6.45, 7) is 0. The van der Waals surface area contributed by atoms with Crippen molar-refractivity contribution in [3.8, 4) is 11.5 Å². The summed E-state index contributed by atoms with van der Waals surface area (Å²) in [5.41, 5.74) is 2.99. The van der Waals surface area contributed by atoms with E-state index >= 15 is 0 Å². The summed E-state index contributed by atoms with van der Waals surface area (Å²) >= 11 is 7.45. The van der Waals surface area contributed by atoms with Gasteiger partial charge in [0.15, 0.2) is 11.5 Å². The Morgan fingerprint density at radius 1 is 1.03 bits per heavy atom. The zero-order chi connectivity index (χ0) is 21.5. The Labute approximate surface area is 181 Å². The Morgan fingerprint density at radius 3 is 2.53 bits per heavy atom. The lowest BCUT2D eigenvalue weighted by molar-refractivity contribution is -0.117. The number of thiophene rings is 1. The average Bonchev–Trinajstić information content (AvgIpc) is 3.23. The van der Waals surface area contributed by atoms with Crippen LogP contribution in [0.5, 0.6) is 11.5 Å². The molecule has 1 heterocycles. The highest BCUT2D eigenvalue weighted by atomic mass is 35.5. The third kappa shape index (κ3) is 5.47. The summed E-state index contributed by atoms with van der Waals surface area (Å²) in [7, 11) is 0. The fourth-order valence-electron chi connectivity index (χ4n) is 2.36. The minimum Gasteiger partial charge on any atom is -0.504 e. The Hall–Kier alpha value is -3.62. The van der Waals surface area contributed by atoms with Gasteiger partial charge in [0.25, 0.3) is 11.8 Å². The summed E-state index contributed by atoms with van der Waals surface area (Å²) in [5, 5.41) is 27.3. The number of nitrogens with one attached hydrogen (secondary N) is 2. The fraction of sp³-hybridized carbons (Fsp3) is 0. The van der Waals surface area contributed by atoms with E-state index in [9.17, 15) is 19.8 Å². The van der Waals surface area contributed by atoms with Crippen LogP contribution in [0.3, 0.4) is 0 Å². The summed E-state index contributed by atoms with van der Waals surface area (Å²) in [6.07, 6.45) is 2.81. The minimum atomic E-state index is -0.650. The van der Waals surface area contributed by atoms with Crippen molar-refractivity contribution in [3.05, 3.63) is 86.7 Å². The Bertz CT molecular complexity index is 1130. The number of halogens is 1. The molecule has 0 aliphatic heterocycles. The molecule has 0 saturated carbocycles. The maximum Gasteiger partial charge on any atom is 0.287 e. The molecule has 0 radical (unpaired) electrons. The van der Waals surface area contributed by atoms with Gasteiger partial charge in [-0.25, -0.2) is 5.43 Å². The molecule has 0 saturated heterocycles. The molecule has 0 spiro atoms. The predicted octanol–water partition coefficient (Wildman–Crippen LogP) is 3.73. The molecule has 0 fully saturated rings. The highest BCUT2D eigenvalue weighted by molar-refractivity contribution is 7.10. The third-order valence-corrected chi connectivity index (χ3v) is 4.97. The van der Waals surface area contributed by atoms with Crippen molar-refractivity contribution < 1.29 is 19.8 Å². The van der Waals surface area contributed by atoms with Crippen LogP contribution >= 0.6 is 22.9 Å². The smallest absolute Gasteiger partial charge is 0.287 e. The molecule has 0 bridgehead atoms. The van der Waals surface area contributed by atoms with E-state index in [1.807, 2.05) is 11.4 Å². The molecule has 2 aromatic carbocycles. The molecule has 0 atom stereocenters. The van der Waals surface area contributed by atoms with E-state index in [0.717, 1.165) is 4.88 Å². The summed E-state index contributed by atoms with van der Waals surface area (Å²) < 4.78 is 0. The lowest BCUT2D eigenvalue weighted by Gasteiger charge is -2.09. The Kier molecular flexibility index (Phi) is 6.84. The van der Waals surface area contributed by atoms with Crippen LogP contribution in [-0.2, 0) is 4.79 Å². The molecule has 30 heavy (non-hydrogen) atoms. The molecule has 3 aromatic rings. The second-order valence-corrected chi connectivity index (χ2v) is 7.34. The van der Waals surface area contributed by atoms with Crippen LogP contribution in [0.4, 0.5) is 0 Å². The normalized spacial score (nSPS) is 11.4. The fourth-order valence-corrected chi connectivity index (χ4v) is 3.23. The summed E-state index contributed by atoms with van der Waals surface area (Å²) in [6, 6.07) is 14.2. The number of rotatable bonds is 6. The van der Waals surface area contributed by atoms with Crippen molar-refractivity contribution in [2.45, 2.75) is 0 Å². The second kappa shape index (κ2) is 9.73. The van der Waals surface area contributed by atoms with Crippen LogP contribution in [0, 0.1) is 0 Å². The molecule has 3 rings (SSSR count). The predicted molar refractivity (Wildman–Crippen MR) is 117 cm³/mol. The molecule has 4 N–H and O–H groups in total. The van der Waals surface area contributed by atoms with Crippen LogP contribution < -0.4 is 10.7 Å². The van der Waals surface area contributed by atoms with E-state index in [0.29, 0.717) is 5.56 Å². The van der Waals surface area contributed by atoms with Crippen molar-refractivity contribution in [1.82, 2.24) is 10.7 Å². The number of nitrogens with zero attached hydrogens (tertiary/aromatic N) is 1. The van der Waals surface area contributed by atoms with Crippen molar-refractivity contribution in [1.29, 1.82) is 0 Å². The zero-order valence-electron chi connectivity index (χ0n) is 15.4. The van der Waals surface area contributed by atoms with Crippen molar-refractivity contribution in [2.75, 3.05) is 0 Å². The van der Waals surface area contributed by atoms with E-state index < -0.39 is 11.8 Å². The van der Waals surface area contributed by atoms with Crippen LogP contribution in [0.15, 0.2) is 70.8 Å². The van der Waals surface area contributed by atoms with Gasteiger partial charge in [0.1, 0.15) is 5.70 Å². The monoisotopic (exact) mass is 441 g/mol. The van der Waals surface area contributed by atoms with E-state index in [1.54, 1.807) is 30.3 Å². The van der Waals surface area contributed by atoms with Gasteiger partial charge in [-0.05, 0) is 53.4 Å². The molecular weight excluding hydrogens is 426 g/mol. The number of hydrogen-bond donors (Lipinski definition) is 4. The SMILES string of the molecule is O=C(N/N=C/c1ccc(O)c(O)c1)/C(=C\c1cccs1)NC(=O)c1ccccc1Cl. The molecule has 0 aliphatic rings. The number of benzene rings is 2. The molecular formula is C21H16ClN3O4S. The van der Waals surface area contributed by atoms with Gasteiger partial charge >= 0.3 is 0 Å². The van der Waals surface area contributed by atoms with Gasteiger partial charge in [0, 0.05) is 4.88 Å². The van der Waals surface area contributed by atoms with E-state index in [1.165, 1.54) is 41.8 Å². The van der Waals surface area contributed by atoms with E-state index in [-0.39, 0.29) is 27.8 Å². The first kappa shape index (κ1) is 21.1. The highest BCUT2D eigenvalue weighted by Crippen LogP contribution is 2.24. The van der Waals surface area contributed by atoms with Gasteiger partial charge in [0.05, 0.1) is 16.8 Å². The third-order valence-electron chi connectivity index (χ3n) is 3.82. The van der Waals surface area contributed by atoms with Gasteiger partial charge in [-0.15, -0.1) is 11.3 Å². The molecule has 2 amide bonds. The van der Waals surface area contributed by atoms with Gasteiger partial charge in [-0.3, -0.25) is 9.59 Å². The molecule has 0 aliphatic carbocycles. The standard InChI is InChI=1S/C21H16ClN3O4S/c22-16-6-2-1-5-15(16)20(28)24-17(11-14-4-3-9-30-14)21(29)25-23-12-13-7-8-18(26)19(27)10-13/h1-12,26-27H,(H,24,28)(H,25,29)/b17-11+,23-12+. The maximum atomic E-state index is 12.6. The largest absolute Gasteiger partial charge is 0.504 e. The molecule has 152 valence electrons. The Morgan fingerprint density at radius 2 is 1.83 bits per heavy atom. The number of hydrazone groups is 1. The second-order valence-electron chi connectivity index (χ2n) is 5.95. The summed E-state index contributed by atoms with van der Waals surface area (Å²) in [5.74, 6) is -1.76. The minimum absolute atomic E-state index is 0.0203. The average molecular weight is 442 g/mol. The van der Waals surface area contributed by atoms with Crippen LogP contribution in [0.25, 0.3) is 6.08 Å². The number of amides is 2. The van der Waals surface area contributed by atoms with Gasteiger partial charge < -0.3 is 15.5 Å².